The number of benzene rings is 2. The highest BCUT2D eigenvalue weighted by Crippen LogP contribution is 2.37. The molecule has 18 heteroatoms. The van der Waals surface area contributed by atoms with Gasteiger partial charge in [-0.15, -0.1) is 0 Å². The van der Waals surface area contributed by atoms with E-state index in [-0.39, 0.29) is 0 Å². The Morgan fingerprint density at radius 1 is 0.636 bits per heavy atom. The molecule has 66 heavy (non-hydrogen) atoms. The van der Waals surface area contributed by atoms with E-state index in [1.165, 1.54) is 27.9 Å². The fraction of sp³-hybridized carbons (Fsp3) is 0.542. The molecular weight excluding hydrogens is 861 g/mol. The maximum atomic E-state index is 15.1. The normalized spacial score (nSPS) is 23.2. The molecule has 0 aromatic heterocycles. The number of nitrogens with zero attached hydrogens (tertiary/aromatic N) is 2. The van der Waals surface area contributed by atoms with Gasteiger partial charge < -0.3 is 41.7 Å². The molecule has 6 rings (SSSR count). The number of halogens is 4. The first kappa shape index (κ1) is 49.5. The molecule has 0 unspecified atom stereocenters. The van der Waals surface area contributed by atoms with Crippen molar-refractivity contribution in [2.45, 2.75) is 138 Å². The van der Waals surface area contributed by atoms with Crippen molar-refractivity contribution in [3.63, 3.8) is 0 Å². The van der Waals surface area contributed by atoms with E-state index in [4.69, 9.17) is 0 Å². The molecule has 8 atom stereocenters. The number of nitrogens with one attached hydrogen (secondary N) is 6. The van der Waals surface area contributed by atoms with Crippen LogP contribution in [-0.2, 0) is 41.6 Å². The summed E-state index contributed by atoms with van der Waals surface area (Å²) in [6, 6.07) is 6.66. The lowest BCUT2D eigenvalue weighted by Crippen LogP contribution is -2.55. The van der Waals surface area contributed by atoms with E-state index < -0.39 is 134 Å². The summed E-state index contributed by atoms with van der Waals surface area (Å²) in [5.41, 5.74) is 3.86. The molecule has 2 aliphatic heterocycles. The molecule has 2 saturated heterocycles. The van der Waals surface area contributed by atoms with Gasteiger partial charge in [-0.2, -0.15) is 0 Å². The van der Waals surface area contributed by atoms with Crippen LogP contribution in [0.15, 0.2) is 48.5 Å². The maximum Gasteiger partial charge on any atom is 0.267 e. The molecule has 0 radical (unpaired) electrons. The van der Waals surface area contributed by atoms with Crippen molar-refractivity contribution in [3.05, 3.63) is 70.8 Å². The molecule has 2 aromatic carbocycles. The largest absolute Gasteiger partial charge is 0.347 e. The van der Waals surface area contributed by atoms with Crippen LogP contribution < -0.4 is 31.9 Å². The van der Waals surface area contributed by atoms with Gasteiger partial charge in [0.15, 0.2) is 0 Å². The van der Waals surface area contributed by atoms with E-state index in [1.807, 2.05) is 48.5 Å². The molecular formula is C48H58F4N8O6. The second-order valence-electron chi connectivity index (χ2n) is 17.5. The van der Waals surface area contributed by atoms with Crippen molar-refractivity contribution >= 4 is 35.4 Å². The Morgan fingerprint density at radius 2 is 1.02 bits per heavy atom. The Morgan fingerprint density at radius 3 is 1.39 bits per heavy atom. The molecule has 354 valence electrons. The van der Waals surface area contributed by atoms with Crippen molar-refractivity contribution in [3.8, 4) is 23.7 Å². The van der Waals surface area contributed by atoms with E-state index >= 15 is 17.6 Å². The van der Waals surface area contributed by atoms with Crippen molar-refractivity contribution in [1.29, 1.82) is 0 Å². The fourth-order valence-corrected chi connectivity index (χ4v) is 8.96. The Kier molecular flexibility index (Phi) is 16.1. The van der Waals surface area contributed by atoms with E-state index in [1.54, 1.807) is 0 Å². The van der Waals surface area contributed by atoms with E-state index in [0.29, 0.717) is 12.8 Å². The summed E-state index contributed by atoms with van der Waals surface area (Å²) in [4.78, 5) is 83.1. The van der Waals surface area contributed by atoms with E-state index in [2.05, 4.69) is 55.6 Å². The van der Waals surface area contributed by atoms with Gasteiger partial charge in [0.1, 0.15) is 24.2 Å². The van der Waals surface area contributed by atoms with Gasteiger partial charge in [0.05, 0.1) is 37.3 Å². The summed E-state index contributed by atoms with van der Waals surface area (Å²) in [6.45, 7) is 0.940. The summed E-state index contributed by atoms with van der Waals surface area (Å²) in [6.07, 6.45) is 1.72. The SMILES string of the molecule is CN[C@@H](C)C(=O)N[C@@H](CC#CC#CC[C@H](NC(=O)[C@H](C)NC)C(=O)N1CC(F)(F)C[C@H]1C(=O)N[C@@H]1CCCc2ccccc21)C(=O)N1CC(F)(F)C[C@H]1C(=O)N[C@@H]1CCCc2ccccc21. The van der Waals surface area contributed by atoms with Crippen LogP contribution in [0.25, 0.3) is 0 Å². The molecule has 2 heterocycles. The number of likely N-dealkylation sites (tertiary alicyclic amines) is 2. The monoisotopic (exact) mass is 918 g/mol. The number of carbonyl (C=O) groups is 6. The lowest BCUT2D eigenvalue weighted by atomic mass is 9.87. The first-order valence-corrected chi connectivity index (χ1v) is 22.5. The zero-order valence-electron chi connectivity index (χ0n) is 37.6. The van der Waals surface area contributed by atoms with Crippen LogP contribution >= 0.6 is 0 Å². The third-order valence-electron chi connectivity index (χ3n) is 12.8. The topological polar surface area (TPSA) is 181 Å². The number of carbonyl (C=O) groups excluding carboxylic acids is 6. The van der Waals surface area contributed by atoms with E-state index in [0.717, 1.165) is 57.7 Å². The third-order valence-corrected chi connectivity index (χ3v) is 12.8. The average molecular weight is 919 g/mol. The molecule has 2 fully saturated rings. The summed E-state index contributed by atoms with van der Waals surface area (Å²) in [5.74, 6) is -1.06. The van der Waals surface area contributed by atoms with Crippen LogP contribution in [0.1, 0.15) is 99.6 Å². The van der Waals surface area contributed by atoms with Gasteiger partial charge in [-0.1, -0.05) is 60.4 Å². The maximum absolute atomic E-state index is 15.1. The minimum absolute atomic E-state index is 0.411. The van der Waals surface area contributed by atoms with Gasteiger partial charge in [0.2, 0.25) is 35.4 Å². The minimum Gasteiger partial charge on any atom is -0.347 e. The fourth-order valence-electron chi connectivity index (χ4n) is 8.96. The third kappa shape index (κ3) is 12.1. The van der Waals surface area contributed by atoms with Crippen molar-refractivity contribution in [2.24, 2.45) is 0 Å². The Balaban J connectivity index is 1.17. The first-order valence-electron chi connectivity index (χ1n) is 22.5. The van der Waals surface area contributed by atoms with Crippen LogP contribution in [0.4, 0.5) is 17.6 Å². The second kappa shape index (κ2) is 21.5. The number of likely N-dealkylation sites (N-methyl/N-ethyl adjacent to an activating group) is 2. The van der Waals surface area contributed by atoms with Gasteiger partial charge >= 0.3 is 0 Å². The van der Waals surface area contributed by atoms with Crippen molar-refractivity contribution in [1.82, 2.24) is 41.7 Å². The van der Waals surface area contributed by atoms with Crippen molar-refractivity contribution in [2.75, 3.05) is 27.2 Å². The average Bonchev–Trinajstić information content (AvgIpc) is 3.82. The Labute approximate surface area is 382 Å². The van der Waals surface area contributed by atoms with Crippen LogP contribution in [0.3, 0.4) is 0 Å². The predicted octanol–water partition coefficient (Wildman–Crippen LogP) is 2.82. The number of amides is 6. The number of hydrogen-bond acceptors (Lipinski definition) is 8. The molecule has 0 saturated carbocycles. The standard InChI is InChI=1S/C48H58F4N8O6/c1-29(53-3)41(61)57-37(45(65)59-27-47(49,50)25-39(59)43(63)55-35-23-13-17-31-15-9-11-19-33(31)35)21-7-5-6-8-22-38(58-42(62)30(2)54-4)46(66)60-28-48(51,52)26-40(60)44(64)56-36-24-14-18-32-16-10-12-20-34(32)36/h9-12,15-16,19-20,29-30,35-40,53-54H,13-14,17-18,21-28H2,1-4H3,(H,55,63)(H,56,64)(H,57,61)(H,58,62)/t29-,30-,35+,36+,37-,38-,39-,40-/m0/s1. The molecule has 14 nitrogen and oxygen atoms in total. The predicted molar refractivity (Wildman–Crippen MR) is 236 cm³/mol. The molecule has 0 bridgehead atoms. The number of alkyl halides is 4. The Hall–Kier alpha value is -5.98. The van der Waals surface area contributed by atoms with Crippen LogP contribution in [0.5, 0.6) is 0 Å². The smallest absolute Gasteiger partial charge is 0.267 e. The summed E-state index contributed by atoms with van der Waals surface area (Å²) < 4.78 is 60.2. The summed E-state index contributed by atoms with van der Waals surface area (Å²) >= 11 is 0. The second-order valence-corrected chi connectivity index (χ2v) is 17.5. The van der Waals surface area contributed by atoms with Gasteiger partial charge in [-0.05, 0) is 101 Å². The molecule has 6 amide bonds. The quantitative estimate of drug-likeness (QED) is 0.124. The van der Waals surface area contributed by atoms with Gasteiger partial charge in [0, 0.05) is 25.7 Å². The highest BCUT2D eigenvalue weighted by Gasteiger charge is 2.53. The van der Waals surface area contributed by atoms with E-state index in [9.17, 15) is 28.8 Å². The number of aryl methyl sites for hydroxylation is 2. The van der Waals surface area contributed by atoms with Crippen LogP contribution in [0.2, 0.25) is 0 Å². The molecule has 2 aliphatic carbocycles. The first-order chi connectivity index (χ1) is 31.4. The minimum atomic E-state index is -3.39. The van der Waals surface area contributed by atoms with Gasteiger partial charge in [-0.3, -0.25) is 28.8 Å². The number of hydrogen-bond donors (Lipinski definition) is 6. The van der Waals surface area contributed by atoms with Gasteiger partial charge in [0.25, 0.3) is 11.8 Å². The molecule has 6 N–H and O–H groups in total. The highest BCUT2D eigenvalue weighted by atomic mass is 19.3. The molecule has 2 aromatic rings. The molecule has 0 spiro atoms. The summed E-state index contributed by atoms with van der Waals surface area (Å²) in [7, 11) is 3.03. The number of rotatable bonds is 14. The lowest BCUT2D eigenvalue weighted by molar-refractivity contribution is -0.142. The van der Waals surface area contributed by atoms with Crippen LogP contribution in [-0.4, -0.2) is 121 Å². The number of fused-ring (bicyclic) bond motifs is 2. The zero-order valence-corrected chi connectivity index (χ0v) is 37.6. The Bertz CT molecular complexity index is 2130. The molecule has 4 aliphatic rings. The summed E-state index contributed by atoms with van der Waals surface area (Å²) in [5, 5.41) is 16.4. The van der Waals surface area contributed by atoms with Crippen molar-refractivity contribution < 1.29 is 46.3 Å². The van der Waals surface area contributed by atoms with Gasteiger partial charge in [-0.25, -0.2) is 17.6 Å². The highest BCUT2D eigenvalue weighted by molar-refractivity contribution is 5.95. The zero-order chi connectivity index (χ0) is 47.8. The lowest BCUT2D eigenvalue weighted by Gasteiger charge is -2.31. The van der Waals surface area contributed by atoms with Crippen LogP contribution in [0, 0.1) is 23.7 Å².